The summed E-state index contributed by atoms with van der Waals surface area (Å²) >= 11 is 0. The molecular formula is C16H25ClN2O5. The molecule has 1 fully saturated rings. The maximum absolute atomic E-state index is 12.3. The molecule has 8 heteroatoms. The molecule has 2 rings (SSSR count). The number of methoxy groups -OCH3 is 3. The number of halogens is 1. The average Bonchev–Trinajstić information content (AvgIpc) is 2.60. The fourth-order valence-corrected chi connectivity index (χ4v) is 2.48. The van der Waals surface area contributed by atoms with Crippen LogP contribution in [0.25, 0.3) is 0 Å². The van der Waals surface area contributed by atoms with Gasteiger partial charge in [-0.1, -0.05) is 0 Å². The number of amides is 1. The Morgan fingerprint density at radius 1 is 1.25 bits per heavy atom. The SMILES string of the molecule is COc1cc(C(C)NC(=O)C2COCCN2)cc(OC)c1OC.Cl. The Balaban J connectivity index is 0.00000288. The predicted molar refractivity (Wildman–Crippen MR) is 92.5 cm³/mol. The van der Waals surface area contributed by atoms with Crippen molar-refractivity contribution < 1.29 is 23.7 Å². The Kier molecular flexibility index (Phi) is 8.10. The molecular weight excluding hydrogens is 336 g/mol. The van der Waals surface area contributed by atoms with Crippen LogP contribution in [-0.2, 0) is 9.53 Å². The van der Waals surface area contributed by atoms with Crippen LogP contribution in [0.1, 0.15) is 18.5 Å². The summed E-state index contributed by atoms with van der Waals surface area (Å²) < 4.78 is 21.3. The first-order chi connectivity index (χ1) is 11.1. The molecule has 2 unspecified atom stereocenters. The van der Waals surface area contributed by atoms with E-state index in [-0.39, 0.29) is 30.4 Å². The quantitative estimate of drug-likeness (QED) is 0.796. The highest BCUT2D eigenvalue weighted by Gasteiger charge is 2.24. The summed E-state index contributed by atoms with van der Waals surface area (Å²) in [5.41, 5.74) is 0.865. The van der Waals surface area contributed by atoms with Gasteiger partial charge in [0.25, 0.3) is 0 Å². The Hall–Kier alpha value is -1.70. The number of ether oxygens (including phenoxy) is 4. The molecule has 1 aromatic carbocycles. The summed E-state index contributed by atoms with van der Waals surface area (Å²) in [5.74, 6) is 1.55. The molecule has 0 saturated carbocycles. The van der Waals surface area contributed by atoms with Crippen LogP contribution in [0.2, 0.25) is 0 Å². The van der Waals surface area contributed by atoms with Gasteiger partial charge in [-0.05, 0) is 24.6 Å². The largest absolute Gasteiger partial charge is 0.493 e. The van der Waals surface area contributed by atoms with E-state index in [1.165, 1.54) is 0 Å². The summed E-state index contributed by atoms with van der Waals surface area (Å²) in [5, 5.41) is 6.11. The molecule has 2 atom stereocenters. The van der Waals surface area contributed by atoms with Crippen LogP contribution < -0.4 is 24.8 Å². The molecule has 1 amide bonds. The zero-order valence-electron chi connectivity index (χ0n) is 14.4. The number of hydrogen-bond acceptors (Lipinski definition) is 6. The van der Waals surface area contributed by atoms with Crippen molar-refractivity contribution in [3.63, 3.8) is 0 Å². The summed E-state index contributed by atoms with van der Waals surface area (Å²) in [4.78, 5) is 12.3. The molecule has 0 spiro atoms. The second-order valence-corrected chi connectivity index (χ2v) is 5.27. The monoisotopic (exact) mass is 360 g/mol. The van der Waals surface area contributed by atoms with Gasteiger partial charge < -0.3 is 29.6 Å². The molecule has 0 radical (unpaired) electrons. The molecule has 7 nitrogen and oxygen atoms in total. The Labute approximate surface area is 148 Å². The third-order valence-corrected chi connectivity index (χ3v) is 3.78. The fraction of sp³-hybridized carbons (Fsp3) is 0.562. The zero-order chi connectivity index (χ0) is 16.8. The lowest BCUT2D eigenvalue weighted by atomic mass is 10.1. The van der Waals surface area contributed by atoms with Crippen LogP contribution in [0.3, 0.4) is 0 Å². The van der Waals surface area contributed by atoms with Crippen molar-refractivity contribution in [3.05, 3.63) is 17.7 Å². The number of benzene rings is 1. The first-order valence-electron chi connectivity index (χ1n) is 7.52. The van der Waals surface area contributed by atoms with Gasteiger partial charge in [-0.15, -0.1) is 12.4 Å². The van der Waals surface area contributed by atoms with E-state index in [1.807, 2.05) is 19.1 Å². The Morgan fingerprint density at radius 3 is 2.33 bits per heavy atom. The van der Waals surface area contributed by atoms with E-state index in [0.717, 1.165) is 5.56 Å². The van der Waals surface area contributed by atoms with Gasteiger partial charge in [-0.3, -0.25) is 4.79 Å². The van der Waals surface area contributed by atoms with Gasteiger partial charge >= 0.3 is 0 Å². The number of rotatable bonds is 6. The van der Waals surface area contributed by atoms with Gasteiger partial charge in [0.15, 0.2) is 11.5 Å². The van der Waals surface area contributed by atoms with E-state index in [1.54, 1.807) is 21.3 Å². The standard InChI is InChI=1S/C16H24N2O5.ClH/c1-10(18-16(19)12-9-23-6-5-17-12)11-7-13(20-2)15(22-4)14(8-11)21-3;/h7-8,10,12,17H,5-6,9H2,1-4H3,(H,18,19);1H. The van der Waals surface area contributed by atoms with Gasteiger partial charge in [-0.25, -0.2) is 0 Å². The highest BCUT2D eigenvalue weighted by atomic mass is 35.5. The maximum atomic E-state index is 12.3. The predicted octanol–water partition coefficient (Wildman–Crippen LogP) is 1.30. The first-order valence-corrected chi connectivity index (χ1v) is 7.52. The summed E-state index contributed by atoms with van der Waals surface area (Å²) in [6, 6.07) is 3.13. The minimum Gasteiger partial charge on any atom is -0.493 e. The van der Waals surface area contributed by atoms with Gasteiger partial charge in [-0.2, -0.15) is 0 Å². The lowest BCUT2D eigenvalue weighted by molar-refractivity contribution is -0.126. The van der Waals surface area contributed by atoms with Gasteiger partial charge in [0.1, 0.15) is 6.04 Å². The van der Waals surface area contributed by atoms with Crippen molar-refractivity contribution in [3.8, 4) is 17.2 Å². The summed E-state index contributed by atoms with van der Waals surface area (Å²) in [6.07, 6.45) is 0. The third kappa shape index (κ3) is 4.66. The van der Waals surface area contributed by atoms with Crippen molar-refractivity contribution in [2.24, 2.45) is 0 Å². The fourth-order valence-electron chi connectivity index (χ4n) is 2.48. The van der Waals surface area contributed by atoms with Crippen molar-refractivity contribution in [1.82, 2.24) is 10.6 Å². The lowest BCUT2D eigenvalue weighted by Gasteiger charge is -2.25. The molecule has 1 heterocycles. The summed E-state index contributed by atoms with van der Waals surface area (Å²) in [6.45, 7) is 3.60. The normalized spacial score (nSPS) is 18.1. The van der Waals surface area contributed by atoms with Crippen LogP contribution in [0.5, 0.6) is 17.2 Å². The van der Waals surface area contributed by atoms with Crippen LogP contribution in [0.4, 0.5) is 0 Å². The second kappa shape index (κ2) is 9.56. The van der Waals surface area contributed by atoms with Crippen molar-refractivity contribution in [2.45, 2.75) is 19.0 Å². The van der Waals surface area contributed by atoms with Crippen LogP contribution >= 0.6 is 12.4 Å². The highest BCUT2D eigenvalue weighted by molar-refractivity contribution is 5.85. The molecule has 2 N–H and O–H groups in total. The van der Waals surface area contributed by atoms with Gasteiger partial charge in [0.05, 0.1) is 40.6 Å². The van der Waals surface area contributed by atoms with Gasteiger partial charge in [0, 0.05) is 6.54 Å². The number of hydrogen-bond donors (Lipinski definition) is 2. The minimum absolute atomic E-state index is 0. The molecule has 1 saturated heterocycles. The van der Waals surface area contributed by atoms with E-state index in [2.05, 4.69) is 10.6 Å². The minimum atomic E-state index is -0.326. The Morgan fingerprint density at radius 2 is 1.88 bits per heavy atom. The first kappa shape index (κ1) is 20.3. The van der Waals surface area contributed by atoms with Crippen molar-refractivity contribution in [1.29, 1.82) is 0 Å². The molecule has 136 valence electrons. The molecule has 0 bridgehead atoms. The Bertz CT molecular complexity index is 524. The molecule has 0 aromatic heterocycles. The second-order valence-electron chi connectivity index (χ2n) is 5.27. The maximum Gasteiger partial charge on any atom is 0.240 e. The van der Waals surface area contributed by atoms with E-state index in [9.17, 15) is 4.79 Å². The van der Waals surface area contributed by atoms with E-state index in [0.29, 0.717) is 37.0 Å². The van der Waals surface area contributed by atoms with E-state index < -0.39 is 0 Å². The number of morpholine rings is 1. The van der Waals surface area contributed by atoms with E-state index in [4.69, 9.17) is 18.9 Å². The van der Waals surface area contributed by atoms with E-state index >= 15 is 0 Å². The molecule has 1 aromatic rings. The molecule has 24 heavy (non-hydrogen) atoms. The number of carbonyl (C=O) groups excluding carboxylic acids is 1. The summed E-state index contributed by atoms with van der Waals surface area (Å²) in [7, 11) is 4.68. The van der Waals surface area contributed by atoms with Crippen molar-refractivity contribution in [2.75, 3.05) is 41.1 Å². The zero-order valence-corrected chi connectivity index (χ0v) is 15.2. The average molecular weight is 361 g/mol. The van der Waals surface area contributed by atoms with Crippen molar-refractivity contribution >= 4 is 18.3 Å². The lowest BCUT2D eigenvalue weighted by Crippen LogP contribution is -2.51. The van der Waals surface area contributed by atoms with Gasteiger partial charge in [0.2, 0.25) is 11.7 Å². The number of carbonyl (C=O) groups is 1. The molecule has 0 aliphatic carbocycles. The number of nitrogens with one attached hydrogen (secondary N) is 2. The highest BCUT2D eigenvalue weighted by Crippen LogP contribution is 2.39. The van der Waals surface area contributed by atoms with Crippen LogP contribution in [-0.4, -0.2) is 53.0 Å². The van der Waals surface area contributed by atoms with Crippen LogP contribution in [0.15, 0.2) is 12.1 Å². The smallest absolute Gasteiger partial charge is 0.240 e. The third-order valence-electron chi connectivity index (χ3n) is 3.78. The topological polar surface area (TPSA) is 78.1 Å². The molecule has 1 aliphatic heterocycles. The molecule has 1 aliphatic rings. The van der Waals surface area contributed by atoms with Crippen LogP contribution in [0, 0.1) is 0 Å².